The van der Waals surface area contributed by atoms with Crippen LogP contribution in [0.4, 0.5) is 0 Å². The van der Waals surface area contributed by atoms with E-state index in [4.69, 9.17) is 22.8 Å². The minimum absolute atomic E-state index is 0.0000388. The third-order valence-corrected chi connectivity index (χ3v) is 30.4. The number of rotatable bonds is 8. The average Bonchev–Trinajstić information content (AvgIpc) is 3.47. The van der Waals surface area contributed by atoms with E-state index >= 15 is 0 Å². The second kappa shape index (κ2) is 14.2. The van der Waals surface area contributed by atoms with Crippen molar-refractivity contribution in [2.24, 2.45) is 47.3 Å². The molecule has 2 heterocycles. The van der Waals surface area contributed by atoms with Gasteiger partial charge in [0.25, 0.3) is 0 Å². The quantitative estimate of drug-likeness (QED) is 0.179. The summed E-state index contributed by atoms with van der Waals surface area (Å²) in [7, 11) is -6.43. The van der Waals surface area contributed by atoms with Gasteiger partial charge in [0, 0.05) is 29.6 Å². The zero-order valence-electron chi connectivity index (χ0n) is 37.1. The highest BCUT2D eigenvalue weighted by Gasteiger charge is 2.67. The number of carbonyl (C=O) groups excluding carboxylic acids is 1. The zero-order valence-corrected chi connectivity index (χ0v) is 41.7. The summed E-state index contributed by atoms with van der Waals surface area (Å²) in [5.74, 6) is 1.81. The van der Waals surface area contributed by atoms with Gasteiger partial charge in [-0.3, -0.25) is 0 Å². The number of carbonyl (C=O) groups is 1. The molecule has 4 unspecified atom stereocenters. The minimum atomic E-state index is -2.19. The van der Waals surface area contributed by atoms with Crippen LogP contribution in [0.5, 0.6) is 0 Å². The van der Waals surface area contributed by atoms with Crippen molar-refractivity contribution in [2.75, 3.05) is 6.61 Å². The zero-order chi connectivity index (χ0) is 40.2. The lowest BCUT2D eigenvalue weighted by Gasteiger charge is -2.49. The Kier molecular flexibility index (Phi) is 11.8. The van der Waals surface area contributed by atoms with Gasteiger partial charge in [-0.25, -0.2) is 4.79 Å². The summed E-state index contributed by atoms with van der Waals surface area (Å²) >= 11 is 4.21. The highest BCUT2D eigenvalue weighted by molar-refractivity contribution is 9.11. The molecule has 0 spiro atoms. The summed E-state index contributed by atoms with van der Waals surface area (Å²) in [5.41, 5.74) is 0.376. The SMILES string of the molecule is CCOC(=O)C1=C2O[C@@](C)(CC[C@H](O[Si](C)(C)C(C)(C)C)[C@H]2C)[C@@H]2CC3C(Br)=CC4C(C3[C@H]12)[C@H](O[Si](C)(C)C(C)(C)C)[C@@H](C)[C@@H]4O[Si](C)(C)C(C)(C)C. The Morgan fingerprint density at radius 3 is 1.87 bits per heavy atom. The van der Waals surface area contributed by atoms with E-state index in [2.05, 4.69) is 144 Å². The molecule has 1 saturated heterocycles. The fourth-order valence-electron chi connectivity index (χ4n) is 9.77. The van der Waals surface area contributed by atoms with Gasteiger partial charge in [0.15, 0.2) is 25.0 Å². The summed E-state index contributed by atoms with van der Waals surface area (Å²) < 4.78 is 37.0. The van der Waals surface area contributed by atoms with E-state index in [9.17, 15) is 4.79 Å². The monoisotopic (exact) mass is 852 g/mol. The number of halogens is 1. The fourth-order valence-corrected chi connectivity index (χ4v) is 14.8. The van der Waals surface area contributed by atoms with E-state index in [1.54, 1.807) is 0 Å². The van der Waals surface area contributed by atoms with Gasteiger partial charge < -0.3 is 22.8 Å². The maximum absolute atomic E-state index is 14.6. The minimum Gasteiger partial charge on any atom is -0.491 e. The number of ether oxygens (including phenoxy) is 2. The van der Waals surface area contributed by atoms with Crippen LogP contribution in [0.1, 0.15) is 109 Å². The van der Waals surface area contributed by atoms with E-state index in [1.165, 1.54) is 4.48 Å². The topological polar surface area (TPSA) is 63.2 Å². The van der Waals surface area contributed by atoms with E-state index in [-0.39, 0.29) is 86.7 Å². The lowest BCUT2D eigenvalue weighted by molar-refractivity contribution is -0.144. The molecule has 0 N–H and O–H groups in total. The summed E-state index contributed by atoms with van der Waals surface area (Å²) in [6.07, 6.45) is 5.38. The normalized spacial score (nSPS) is 38.0. The number of hydrogen-bond acceptors (Lipinski definition) is 6. The standard InChI is InChI=1S/C43H77BrO6Si3/c1-20-46-39(45)35-34-29(43(13)22-21-31(25(2)37(35)47-43)48-51(14,15)40(4,5)6)23-27-30(44)24-28-33(32(27)34)38(50-53(18,19)42(10,11)12)26(3)36(28)49-52(16,17)41(7,8)9/h24-29,31-34,36,38H,20-23H2,1-19H3/t25-,26+,27?,28?,29-,31+,32?,33?,34-,36+,38-,43+/m1/s1. The molecule has 0 radical (unpaired) electrons. The van der Waals surface area contributed by atoms with Crippen LogP contribution < -0.4 is 0 Å². The van der Waals surface area contributed by atoms with Crippen LogP contribution in [-0.2, 0) is 27.5 Å². The Balaban J connectivity index is 1.70. The first-order valence-electron chi connectivity index (χ1n) is 20.9. The molecule has 2 bridgehead atoms. The van der Waals surface area contributed by atoms with Gasteiger partial charge in [-0.1, -0.05) is 98.2 Å². The molecule has 0 aromatic carbocycles. The molecule has 5 aliphatic rings. The van der Waals surface area contributed by atoms with Crippen LogP contribution in [0.3, 0.4) is 0 Å². The largest absolute Gasteiger partial charge is 0.491 e. The van der Waals surface area contributed by atoms with E-state index in [0.717, 1.165) is 30.6 Å². The summed E-state index contributed by atoms with van der Waals surface area (Å²) in [6.45, 7) is 44.5. The molecule has 0 aromatic rings. The van der Waals surface area contributed by atoms with Crippen molar-refractivity contribution in [3.63, 3.8) is 0 Å². The van der Waals surface area contributed by atoms with Crippen LogP contribution in [0.25, 0.3) is 0 Å². The van der Waals surface area contributed by atoms with Crippen molar-refractivity contribution in [1.82, 2.24) is 0 Å². The molecular weight excluding hydrogens is 777 g/mol. The number of hydrogen-bond donors (Lipinski definition) is 0. The predicted molar refractivity (Wildman–Crippen MR) is 229 cm³/mol. The van der Waals surface area contributed by atoms with Gasteiger partial charge in [-0.05, 0) is 110 Å². The molecule has 12 atom stereocenters. The fraction of sp³-hybridized carbons (Fsp3) is 0.884. The molecule has 0 amide bonds. The second-order valence-electron chi connectivity index (χ2n) is 22.5. The van der Waals surface area contributed by atoms with E-state index in [1.807, 2.05) is 6.92 Å². The smallest absolute Gasteiger partial charge is 0.337 e. The van der Waals surface area contributed by atoms with Crippen molar-refractivity contribution < 1.29 is 27.5 Å². The van der Waals surface area contributed by atoms with E-state index < -0.39 is 30.6 Å². The second-order valence-corrected chi connectivity index (χ2v) is 37.6. The van der Waals surface area contributed by atoms with Crippen LogP contribution in [-0.4, -0.2) is 61.4 Å². The Morgan fingerprint density at radius 2 is 1.36 bits per heavy atom. The van der Waals surface area contributed by atoms with Crippen LogP contribution in [0.15, 0.2) is 21.9 Å². The molecule has 304 valence electrons. The molecular formula is C43H77BrO6Si3. The van der Waals surface area contributed by atoms with Gasteiger partial charge in [-0.2, -0.15) is 0 Å². The first-order chi connectivity index (χ1) is 23.9. The first-order valence-corrected chi connectivity index (χ1v) is 30.4. The molecule has 3 aliphatic carbocycles. The van der Waals surface area contributed by atoms with Gasteiger partial charge in [-0.15, -0.1) is 0 Å². The maximum atomic E-state index is 14.6. The highest BCUT2D eigenvalue weighted by Crippen LogP contribution is 2.67. The molecule has 2 saturated carbocycles. The predicted octanol–water partition coefficient (Wildman–Crippen LogP) is 12.2. The average molecular weight is 854 g/mol. The van der Waals surface area contributed by atoms with E-state index in [0.29, 0.717) is 6.61 Å². The summed E-state index contributed by atoms with van der Waals surface area (Å²) in [6, 6.07) is 0. The third-order valence-electron chi connectivity index (χ3n) is 16.1. The molecule has 5 rings (SSSR count). The molecule has 3 fully saturated rings. The Morgan fingerprint density at radius 1 is 0.849 bits per heavy atom. The third kappa shape index (κ3) is 7.61. The Hall–Kier alpha value is -0.239. The van der Waals surface area contributed by atoms with Gasteiger partial charge in [0.05, 0.1) is 30.5 Å². The molecule has 2 aliphatic heterocycles. The Labute approximate surface area is 336 Å². The van der Waals surface area contributed by atoms with Crippen molar-refractivity contribution in [3.05, 3.63) is 21.9 Å². The lowest BCUT2D eigenvalue weighted by Crippen LogP contribution is -2.51. The van der Waals surface area contributed by atoms with Gasteiger partial charge in [0.2, 0.25) is 0 Å². The molecule has 0 aromatic heterocycles. The van der Waals surface area contributed by atoms with Crippen molar-refractivity contribution in [3.8, 4) is 0 Å². The molecule has 53 heavy (non-hydrogen) atoms. The number of fused-ring (bicyclic) bond motifs is 8. The van der Waals surface area contributed by atoms with Crippen molar-refractivity contribution in [1.29, 1.82) is 0 Å². The van der Waals surface area contributed by atoms with Gasteiger partial charge >= 0.3 is 5.97 Å². The van der Waals surface area contributed by atoms with Crippen LogP contribution in [0.2, 0.25) is 54.4 Å². The lowest BCUT2D eigenvalue weighted by atomic mass is 9.64. The summed E-state index contributed by atoms with van der Waals surface area (Å²) in [5, 5.41) is 0.234. The Bertz CT molecular complexity index is 1470. The first kappa shape index (κ1) is 43.9. The number of esters is 1. The van der Waals surface area contributed by atoms with Crippen LogP contribution in [0, 0.1) is 47.3 Å². The molecule has 10 heteroatoms. The summed E-state index contributed by atoms with van der Waals surface area (Å²) in [4.78, 5) is 14.6. The number of allylic oxidation sites excluding steroid dienone is 1. The van der Waals surface area contributed by atoms with Gasteiger partial charge in [0.1, 0.15) is 11.4 Å². The van der Waals surface area contributed by atoms with Crippen molar-refractivity contribution >= 4 is 46.9 Å². The highest BCUT2D eigenvalue weighted by atomic mass is 79.9. The molecule has 6 nitrogen and oxygen atoms in total. The maximum Gasteiger partial charge on any atom is 0.337 e. The van der Waals surface area contributed by atoms with Crippen LogP contribution >= 0.6 is 15.9 Å². The van der Waals surface area contributed by atoms with Crippen molar-refractivity contribution in [2.45, 2.75) is 188 Å².